The summed E-state index contributed by atoms with van der Waals surface area (Å²) in [6.45, 7) is 10.4. The maximum Gasteiger partial charge on any atom is 0.163 e. The average molecular weight is 452 g/mol. The SMILES string of the molecule is CC1(C)CCCC(C)(C)N1O.CC[C@]1(O)CCc2ccccc21.O=C1CCc2ccccc21. The topological polar surface area (TPSA) is 60.8 Å². The summed E-state index contributed by atoms with van der Waals surface area (Å²) in [6, 6.07) is 16.0. The fraction of sp³-hybridized carbons (Fsp3) is 0.552. The highest BCUT2D eigenvalue weighted by Gasteiger charge is 2.40. The lowest BCUT2D eigenvalue weighted by Crippen LogP contribution is -2.56. The summed E-state index contributed by atoms with van der Waals surface area (Å²) in [5.41, 5.74) is 4.00. The predicted octanol–water partition coefficient (Wildman–Crippen LogP) is 6.46. The van der Waals surface area contributed by atoms with E-state index in [9.17, 15) is 15.1 Å². The summed E-state index contributed by atoms with van der Waals surface area (Å²) in [5.74, 6) is 0.301. The number of carbonyl (C=O) groups is 1. The Bertz CT molecular complexity index is 949. The van der Waals surface area contributed by atoms with Crippen LogP contribution in [0.1, 0.15) is 100 Å². The molecule has 0 spiro atoms. The number of nitrogens with zero attached hydrogens (tertiary/aromatic N) is 1. The van der Waals surface area contributed by atoms with Gasteiger partial charge in [-0.25, -0.2) is 0 Å². The summed E-state index contributed by atoms with van der Waals surface area (Å²) in [6.07, 6.45) is 7.79. The molecular formula is C29H41NO3. The van der Waals surface area contributed by atoms with E-state index in [0.29, 0.717) is 12.2 Å². The summed E-state index contributed by atoms with van der Waals surface area (Å²) in [7, 11) is 0. The van der Waals surface area contributed by atoms with Crippen LogP contribution in [0.3, 0.4) is 0 Å². The predicted molar refractivity (Wildman–Crippen MR) is 134 cm³/mol. The molecule has 4 heteroatoms. The largest absolute Gasteiger partial charge is 0.385 e. The standard InChI is InChI=1S/C11H14O.C9H19NO.C9H8O/c1-2-11(12)8-7-9-5-3-4-6-10(9)11;1-8(2)6-5-7-9(3,4)10(8)11;10-9-6-5-7-3-1-2-4-8(7)9/h3-6,12H,2,7-8H2,1H3;11H,5-7H2,1-4H3;1-4H,5-6H2/t11-;;/m0../s1. The molecule has 33 heavy (non-hydrogen) atoms. The third-order valence-corrected chi connectivity index (χ3v) is 7.57. The number of hydrogen-bond donors (Lipinski definition) is 2. The van der Waals surface area contributed by atoms with Gasteiger partial charge in [0.15, 0.2) is 5.78 Å². The molecular weight excluding hydrogens is 410 g/mol. The average Bonchev–Trinajstić information content (AvgIpc) is 3.34. The Hall–Kier alpha value is -2.01. The van der Waals surface area contributed by atoms with E-state index in [2.05, 4.69) is 33.8 Å². The molecule has 1 heterocycles. The molecule has 0 aromatic heterocycles. The van der Waals surface area contributed by atoms with Crippen molar-refractivity contribution in [2.45, 2.75) is 103 Å². The molecule has 2 aromatic rings. The van der Waals surface area contributed by atoms with Crippen molar-refractivity contribution in [3.8, 4) is 0 Å². The number of fused-ring (bicyclic) bond motifs is 2. The lowest BCUT2D eigenvalue weighted by Gasteiger charge is -2.48. The van der Waals surface area contributed by atoms with Gasteiger partial charge in [0.1, 0.15) is 0 Å². The van der Waals surface area contributed by atoms with Gasteiger partial charge >= 0.3 is 0 Å². The van der Waals surface area contributed by atoms with Crippen LogP contribution in [-0.2, 0) is 18.4 Å². The second kappa shape index (κ2) is 10.1. The van der Waals surface area contributed by atoms with Crippen LogP contribution >= 0.6 is 0 Å². The number of rotatable bonds is 1. The van der Waals surface area contributed by atoms with Gasteiger partial charge in [-0.15, -0.1) is 0 Å². The fourth-order valence-corrected chi connectivity index (χ4v) is 5.41. The molecule has 1 atom stereocenters. The molecule has 2 N–H and O–H groups in total. The van der Waals surface area contributed by atoms with Crippen LogP contribution in [0.25, 0.3) is 0 Å². The van der Waals surface area contributed by atoms with Crippen molar-refractivity contribution < 1.29 is 15.1 Å². The van der Waals surface area contributed by atoms with Gasteiger partial charge in [0.2, 0.25) is 0 Å². The van der Waals surface area contributed by atoms with Crippen molar-refractivity contribution in [3.05, 3.63) is 70.8 Å². The van der Waals surface area contributed by atoms with Crippen molar-refractivity contribution >= 4 is 5.78 Å². The zero-order valence-electron chi connectivity index (χ0n) is 21.0. The van der Waals surface area contributed by atoms with Gasteiger partial charge in [-0.3, -0.25) is 4.79 Å². The summed E-state index contributed by atoms with van der Waals surface area (Å²) < 4.78 is 0. The van der Waals surface area contributed by atoms with Crippen molar-refractivity contribution in [3.63, 3.8) is 0 Å². The minimum atomic E-state index is -0.531. The van der Waals surface area contributed by atoms with Crippen LogP contribution in [0, 0.1) is 0 Å². The van der Waals surface area contributed by atoms with Crippen molar-refractivity contribution in [2.24, 2.45) is 0 Å². The third kappa shape index (κ3) is 5.74. The first-order chi connectivity index (χ1) is 15.5. The summed E-state index contributed by atoms with van der Waals surface area (Å²) in [5, 5.41) is 21.5. The number of piperidine rings is 1. The van der Waals surface area contributed by atoms with Crippen LogP contribution in [-0.4, -0.2) is 32.2 Å². The number of ketones is 1. The lowest BCUT2D eigenvalue weighted by atomic mass is 9.82. The normalized spacial score (nSPS) is 24.6. The van der Waals surface area contributed by atoms with Crippen LogP contribution < -0.4 is 0 Å². The Kier molecular flexibility index (Phi) is 7.83. The highest BCUT2D eigenvalue weighted by atomic mass is 16.5. The minimum Gasteiger partial charge on any atom is -0.385 e. The molecule has 1 fully saturated rings. The lowest BCUT2D eigenvalue weighted by molar-refractivity contribution is -0.241. The van der Waals surface area contributed by atoms with E-state index in [1.54, 1.807) is 0 Å². The van der Waals surface area contributed by atoms with E-state index < -0.39 is 5.60 Å². The summed E-state index contributed by atoms with van der Waals surface area (Å²) >= 11 is 0. The molecule has 0 bridgehead atoms. The highest BCUT2D eigenvalue weighted by Crippen LogP contribution is 2.39. The molecule has 1 aliphatic heterocycles. The smallest absolute Gasteiger partial charge is 0.163 e. The van der Waals surface area contributed by atoms with E-state index in [0.717, 1.165) is 49.7 Å². The van der Waals surface area contributed by atoms with Gasteiger partial charge in [-0.1, -0.05) is 55.5 Å². The Labute approximate surface area is 199 Å². The van der Waals surface area contributed by atoms with E-state index >= 15 is 0 Å². The third-order valence-electron chi connectivity index (χ3n) is 7.57. The van der Waals surface area contributed by atoms with Gasteiger partial charge in [0, 0.05) is 23.1 Å². The first kappa shape index (κ1) is 25.6. The molecule has 2 aromatic carbocycles. The van der Waals surface area contributed by atoms with Crippen molar-refractivity contribution in [1.82, 2.24) is 5.06 Å². The van der Waals surface area contributed by atoms with Crippen molar-refractivity contribution in [1.29, 1.82) is 0 Å². The molecule has 180 valence electrons. The van der Waals surface area contributed by atoms with Crippen LogP contribution in [0.15, 0.2) is 48.5 Å². The fourth-order valence-electron chi connectivity index (χ4n) is 5.41. The molecule has 1 saturated heterocycles. The quantitative estimate of drug-likeness (QED) is 0.522. The van der Waals surface area contributed by atoms with Crippen LogP contribution in [0.4, 0.5) is 0 Å². The van der Waals surface area contributed by atoms with Crippen molar-refractivity contribution in [2.75, 3.05) is 0 Å². The van der Waals surface area contributed by atoms with E-state index in [1.165, 1.54) is 22.6 Å². The number of hydroxylamine groups is 2. The molecule has 3 aliphatic rings. The number of aryl methyl sites for hydroxylation is 2. The van der Waals surface area contributed by atoms with Gasteiger partial charge < -0.3 is 10.3 Å². The van der Waals surface area contributed by atoms with E-state index in [4.69, 9.17) is 0 Å². The first-order valence-electron chi connectivity index (χ1n) is 12.4. The maximum atomic E-state index is 11.1. The van der Waals surface area contributed by atoms with Gasteiger partial charge in [-0.2, -0.15) is 5.06 Å². The molecule has 5 rings (SSSR count). The zero-order chi connectivity index (χ0) is 24.3. The highest BCUT2D eigenvalue weighted by molar-refractivity contribution is 6.00. The maximum absolute atomic E-state index is 11.1. The van der Waals surface area contributed by atoms with Gasteiger partial charge in [0.05, 0.1) is 5.60 Å². The summed E-state index contributed by atoms with van der Waals surface area (Å²) in [4.78, 5) is 11.1. The molecule has 2 aliphatic carbocycles. The number of aliphatic hydroxyl groups is 1. The monoisotopic (exact) mass is 451 g/mol. The second-order valence-electron chi connectivity index (χ2n) is 10.9. The second-order valence-corrected chi connectivity index (χ2v) is 10.9. The Morgan fingerprint density at radius 1 is 0.818 bits per heavy atom. The number of hydrogen-bond acceptors (Lipinski definition) is 4. The molecule has 0 amide bonds. The zero-order valence-corrected chi connectivity index (χ0v) is 21.0. The minimum absolute atomic E-state index is 0.0399. The molecule has 0 saturated carbocycles. The first-order valence-corrected chi connectivity index (χ1v) is 12.4. The molecule has 4 nitrogen and oxygen atoms in total. The Morgan fingerprint density at radius 2 is 1.39 bits per heavy atom. The van der Waals surface area contributed by atoms with E-state index in [-0.39, 0.29) is 11.1 Å². The number of benzene rings is 2. The van der Waals surface area contributed by atoms with E-state index in [1.807, 2.05) is 49.4 Å². The van der Waals surface area contributed by atoms with Crippen LogP contribution in [0.5, 0.6) is 0 Å². The number of carbonyl (C=O) groups excluding carboxylic acids is 1. The Morgan fingerprint density at radius 3 is 1.97 bits per heavy atom. The molecule has 0 unspecified atom stereocenters. The van der Waals surface area contributed by atoms with Gasteiger partial charge in [0.25, 0.3) is 0 Å². The van der Waals surface area contributed by atoms with Crippen LogP contribution in [0.2, 0.25) is 0 Å². The molecule has 0 radical (unpaired) electrons. The van der Waals surface area contributed by atoms with Gasteiger partial charge in [-0.05, 0) is 89.3 Å². The number of Topliss-reactive ketones (excluding diaryl/α,β-unsaturated/α-hetero) is 1. The Balaban J connectivity index is 0.000000140.